The van der Waals surface area contributed by atoms with E-state index < -0.39 is 36.1 Å². The monoisotopic (exact) mass is 534 g/mol. The van der Waals surface area contributed by atoms with Crippen molar-refractivity contribution in [1.29, 1.82) is 0 Å². The summed E-state index contributed by atoms with van der Waals surface area (Å²) in [6.45, 7) is 4.90. The quantitative estimate of drug-likeness (QED) is 0.363. The maximum absolute atomic E-state index is 12.1. The molecule has 38 heavy (non-hydrogen) atoms. The number of ether oxygens (including phenoxy) is 3. The van der Waals surface area contributed by atoms with Crippen molar-refractivity contribution in [3.05, 3.63) is 29.8 Å². The van der Waals surface area contributed by atoms with E-state index in [0.717, 1.165) is 12.1 Å². The Bertz CT molecular complexity index is 839. The number of rotatable bonds is 9. The molecule has 9 heteroatoms. The minimum Gasteiger partial charge on any atom is -0.497 e. The number of esters is 1. The van der Waals surface area contributed by atoms with Gasteiger partial charge in [0.05, 0.1) is 13.5 Å². The summed E-state index contributed by atoms with van der Waals surface area (Å²) in [4.78, 5) is 34.8. The molecular weight excluding hydrogens is 488 g/mol. The standard InChI is InChI=1S/C17H23NO7.C12H23N/c1-17(2,3)25-16(22)18-13(9-14(19)20)15(21)24-10-11-5-7-12(23-4)8-6-11;1-3-7-11(8-4-1)13-12-9-5-2-6-10-12/h5-8,13H,9-10H2,1-4H3,(H,18,22)(H,19,20);11-13H,1-10H2/t13-;/m0./s1. The fourth-order valence-corrected chi connectivity index (χ4v) is 4.67. The molecule has 0 aliphatic heterocycles. The summed E-state index contributed by atoms with van der Waals surface area (Å²) in [5.41, 5.74) is -0.0781. The summed E-state index contributed by atoms with van der Waals surface area (Å²) in [6.07, 6.45) is 13.1. The Morgan fingerprint density at radius 1 is 0.921 bits per heavy atom. The van der Waals surface area contributed by atoms with Gasteiger partial charge in [-0.2, -0.15) is 0 Å². The third-order valence-electron chi connectivity index (χ3n) is 6.58. The Balaban J connectivity index is 0.000000323. The van der Waals surface area contributed by atoms with Crippen molar-refractivity contribution in [2.75, 3.05) is 7.11 Å². The van der Waals surface area contributed by atoms with Gasteiger partial charge in [0, 0.05) is 12.1 Å². The van der Waals surface area contributed by atoms with E-state index >= 15 is 0 Å². The molecule has 9 nitrogen and oxygen atoms in total. The molecule has 0 heterocycles. The molecule has 2 saturated carbocycles. The lowest BCUT2D eigenvalue weighted by Gasteiger charge is -2.30. The van der Waals surface area contributed by atoms with Crippen molar-refractivity contribution >= 4 is 18.0 Å². The van der Waals surface area contributed by atoms with Crippen molar-refractivity contribution in [3.63, 3.8) is 0 Å². The van der Waals surface area contributed by atoms with Crippen LogP contribution in [0.4, 0.5) is 4.79 Å². The summed E-state index contributed by atoms with van der Waals surface area (Å²) in [7, 11) is 1.54. The number of carboxylic acids is 1. The Morgan fingerprint density at radius 2 is 1.45 bits per heavy atom. The molecule has 0 bridgehead atoms. The van der Waals surface area contributed by atoms with Crippen LogP contribution in [0.1, 0.15) is 97.0 Å². The Kier molecular flexibility index (Phi) is 13.4. The highest BCUT2D eigenvalue weighted by molar-refractivity contribution is 5.85. The van der Waals surface area contributed by atoms with Crippen LogP contribution in [0.3, 0.4) is 0 Å². The van der Waals surface area contributed by atoms with E-state index in [9.17, 15) is 14.4 Å². The average Bonchev–Trinajstić information content (AvgIpc) is 2.87. The molecule has 2 aliphatic rings. The van der Waals surface area contributed by atoms with Gasteiger partial charge in [-0.25, -0.2) is 9.59 Å². The fourth-order valence-electron chi connectivity index (χ4n) is 4.67. The van der Waals surface area contributed by atoms with Crippen molar-refractivity contribution in [1.82, 2.24) is 10.6 Å². The zero-order valence-electron chi connectivity index (χ0n) is 23.4. The van der Waals surface area contributed by atoms with Gasteiger partial charge >= 0.3 is 18.0 Å². The first-order valence-electron chi connectivity index (χ1n) is 13.8. The summed E-state index contributed by atoms with van der Waals surface area (Å²) >= 11 is 0. The lowest BCUT2D eigenvalue weighted by Crippen LogP contribution is -2.45. The molecule has 2 aliphatic carbocycles. The second-order valence-corrected chi connectivity index (χ2v) is 11.1. The molecule has 1 amide bonds. The maximum atomic E-state index is 12.1. The van der Waals surface area contributed by atoms with Gasteiger partial charge < -0.3 is 30.0 Å². The zero-order valence-corrected chi connectivity index (χ0v) is 23.4. The molecular formula is C29H46N2O7. The van der Waals surface area contributed by atoms with Crippen LogP contribution in [0.25, 0.3) is 0 Å². The Morgan fingerprint density at radius 3 is 1.89 bits per heavy atom. The van der Waals surface area contributed by atoms with Crippen LogP contribution in [-0.2, 0) is 25.7 Å². The van der Waals surface area contributed by atoms with E-state index in [1.165, 1.54) is 71.3 Å². The van der Waals surface area contributed by atoms with Crippen LogP contribution >= 0.6 is 0 Å². The lowest BCUT2D eigenvalue weighted by atomic mass is 9.91. The third kappa shape index (κ3) is 13.1. The molecule has 1 aromatic rings. The Hall–Kier alpha value is -2.81. The highest BCUT2D eigenvalue weighted by Gasteiger charge is 2.28. The molecule has 0 aromatic heterocycles. The average molecular weight is 535 g/mol. The van der Waals surface area contributed by atoms with Gasteiger partial charge in [0.25, 0.3) is 0 Å². The molecule has 0 spiro atoms. The number of methoxy groups -OCH3 is 1. The topological polar surface area (TPSA) is 123 Å². The lowest BCUT2D eigenvalue weighted by molar-refractivity contribution is -0.151. The summed E-state index contributed by atoms with van der Waals surface area (Å²) < 4.78 is 15.1. The zero-order chi connectivity index (χ0) is 28.0. The molecule has 0 unspecified atom stereocenters. The molecule has 0 radical (unpaired) electrons. The van der Waals surface area contributed by atoms with Gasteiger partial charge in [0.1, 0.15) is 24.0 Å². The molecule has 0 saturated heterocycles. The van der Waals surface area contributed by atoms with Crippen LogP contribution in [0.5, 0.6) is 5.75 Å². The smallest absolute Gasteiger partial charge is 0.408 e. The number of nitrogens with one attached hydrogen (secondary N) is 2. The van der Waals surface area contributed by atoms with E-state index in [1.807, 2.05) is 0 Å². The molecule has 2 fully saturated rings. The fraction of sp³-hybridized carbons (Fsp3) is 0.690. The van der Waals surface area contributed by atoms with Gasteiger partial charge in [-0.1, -0.05) is 50.7 Å². The van der Waals surface area contributed by atoms with Crippen molar-refractivity contribution < 1.29 is 33.7 Å². The molecule has 214 valence electrons. The highest BCUT2D eigenvalue weighted by Crippen LogP contribution is 2.22. The molecule has 1 atom stereocenters. The van der Waals surface area contributed by atoms with Crippen molar-refractivity contribution in [2.24, 2.45) is 0 Å². The van der Waals surface area contributed by atoms with Gasteiger partial charge in [-0.3, -0.25) is 4.79 Å². The van der Waals surface area contributed by atoms with Crippen LogP contribution in [0, 0.1) is 0 Å². The number of benzene rings is 1. The van der Waals surface area contributed by atoms with E-state index in [-0.39, 0.29) is 6.61 Å². The van der Waals surface area contributed by atoms with Crippen LogP contribution in [0.15, 0.2) is 24.3 Å². The third-order valence-corrected chi connectivity index (χ3v) is 6.58. The second-order valence-electron chi connectivity index (χ2n) is 11.1. The van der Waals surface area contributed by atoms with Crippen molar-refractivity contribution in [3.8, 4) is 5.75 Å². The number of hydrogen-bond donors (Lipinski definition) is 3. The summed E-state index contributed by atoms with van der Waals surface area (Å²) in [6, 6.07) is 7.23. The van der Waals surface area contributed by atoms with Crippen LogP contribution < -0.4 is 15.4 Å². The maximum Gasteiger partial charge on any atom is 0.408 e. The first kappa shape index (κ1) is 31.4. The highest BCUT2D eigenvalue weighted by atomic mass is 16.6. The number of aliphatic carboxylic acids is 1. The number of amides is 1. The first-order chi connectivity index (χ1) is 18.1. The normalized spacial score (nSPS) is 17.4. The largest absolute Gasteiger partial charge is 0.497 e. The molecule has 3 rings (SSSR count). The SMILES string of the molecule is C1CCC(NC2CCCCC2)CC1.COc1ccc(COC(=O)[C@H](CC(=O)O)NC(=O)OC(C)(C)C)cc1. The van der Waals surface area contributed by atoms with Gasteiger partial charge in [0.15, 0.2) is 0 Å². The second kappa shape index (κ2) is 16.2. The first-order valence-corrected chi connectivity index (χ1v) is 13.8. The van der Waals surface area contributed by atoms with Gasteiger partial charge in [0.2, 0.25) is 0 Å². The predicted octanol–water partition coefficient (Wildman–Crippen LogP) is 5.35. The van der Waals surface area contributed by atoms with E-state index in [4.69, 9.17) is 19.3 Å². The number of carbonyl (C=O) groups is 3. The summed E-state index contributed by atoms with van der Waals surface area (Å²) in [5, 5.41) is 15.0. The minimum absolute atomic E-state index is 0.0606. The van der Waals surface area contributed by atoms with Crippen LogP contribution in [0.2, 0.25) is 0 Å². The number of hydrogen-bond acceptors (Lipinski definition) is 7. The Labute approximate surface area is 227 Å². The van der Waals surface area contributed by atoms with E-state index in [2.05, 4.69) is 10.6 Å². The van der Waals surface area contributed by atoms with E-state index in [1.54, 1.807) is 45.0 Å². The summed E-state index contributed by atoms with van der Waals surface area (Å²) in [5.74, 6) is -1.45. The van der Waals surface area contributed by atoms with Crippen LogP contribution in [-0.4, -0.2) is 54.0 Å². The molecule has 1 aromatic carbocycles. The molecule has 3 N–H and O–H groups in total. The minimum atomic E-state index is -1.34. The van der Waals surface area contributed by atoms with Crippen molar-refractivity contribution in [2.45, 2.75) is 122 Å². The van der Waals surface area contributed by atoms with Gasteiger partial charge in [-0.05, 0) is 64.2 Å². The number of carbonyl (C=O) groups excluding carboxylic acids is 2. The number of carboxylic acid groups (broad SMARTS) is 1. The van der Waals surface area contributed by atoms with Gasteiger partial charge in [-0.15, -0.1) is 0 Å². The number of alkyl carbamates (subject to hydrolysis) is 1. The predicted molar refractivity (Wildman–Crippen MR) is 145 cm³/mol. The van der Waals surface area contributed by atoms with E-state index in [0.29, 0.717) is 11.3 Å².